The van der Waals surface area contributed by atoms with Crippen LogP contribution in [0.15, 0.2) is 21.1 Å². The number of hydrogen-bond donors (Lipinski definition) is 0. The normalized spacial score (nSPS) is 38.9. The van der Waals surface area contributed by atoms with Gasteiger partial charge in [0.1, 0.15) is 0 Å². The molecule has 0 aliphatic heterocycles. The molecular weight excluding hydrogens is 244 g/mol. The second-order valence-electron chi connectivity index (χ2n) is 2.55. The van der Waals surface area contributed by atoms with E-state index in [1.54, 1.807) is 0 Å². The Morgan fingerprint density at radius 2 is 1.56 bits per heavy atom. The van der Waals surface area contributed by atoms with Gasteiger partial charge in [0.05, 0.1) is 0 Å². The van der Waals surface area contributed by atoms with Crippen molar-refractivity contribution in [2.75, 3.05) is 0 Å². The van der Waals surface area contributed by atoms with Gasteiger partial charge in [-0.3, -0.25) is 0 Å². The third kappa shape index (κ3) is 0.838. The average molecular weight is 250 g/mol. The van der Waals surface area contributed by atoms with E-state index in [2.05, 4.69) is 44.0 Å². The fraction of sp³-hybridized carbons (Fsp3) is 0.429. The van der Waals surface area contributed by atoms with E-state index in [1.165, 1.54) is 15.4 Å². The summed E-state index contributed by atoms with van der Waals surface area (Å²) < 4.78 is 2.74. The van der Waals surface area contributed by atoms with Crippen molar-refractivity contribution in [1.29, 1.82) is 0 Å². The third-order valence-electron chi connectivity index (χ3n) is 1.94. The number of allylic oxidation sites excluding steroid dienone is 4. The molecule has 0 aromatic carbocycles. The van der Waals surface area contributed by atoms with Crippen LogP contribution in [0.25, 0.3) is 0 Å². The number of rotatable bonds is 0. The van der Waals surface area contributed by atoms with Crippen molar-refractivity contribution in [2.24, 2.45) is 11.8 Å². The van der Waals surface area contributed by atoms with Gasteiger partial charge in [0.25, 0.3) is 0 Å². The van der Waals surface area contributed by atoms with Gasteiger partial charge in [-0.15, -0.1) is 0 Å². The Kier molecular flexibility index (Phi) is 1.34. The molecule has 2 atom stereocenters. The highest BCUT2D eigenvalue weighted by molar-refractivity contribution is 9.12. The van der Waals surface area contributed by atoms with Gasteiger partial charge in [-0.05, 0) is 15.4 Å². The van der Waals surface area contributed by atoms with Crippen molar-refractivity contribution in [3.05, 3.63) is 21.1 Å². The van der Waals surface area contributed by atoms with Crippen molar-refractivity contribution in [3.63, 3.8) is 0 Å². The Labute approximate surface area is 71.3 Å². The van der Waals surface area contributed by atoms with Crippen LogP contribution in [0.2, 0.25) is 0 Å². The lowest BCUT2D eigenvalue weighted by Gasteiger charge is -2.01. The second-order valence-corrected chi connectivity index (χ2v) is 4.38. The first-order valence-corrected chi connectivity index (χ1v) is 4.60. The molecule has 2 aliphatic carbocycles. The predicted molar refractivity (Wildman–Crippen MR) is 45.6 cm³/mol. The smallest absolute Gasteiger partial charge is 0.0101 e. The molecule has 48 valence electrons. The molecule has 0 heterocycles. The van der Waals surface area contributed by atoms with Crippen LogP contribution in [0, 0.1) is 11.8 Å². The van der Waals surface area contributed by atoms with Gasteiger partial charge in [0.15, 0.2) is 0 Å². The van der Waals surface area contributed by atoms with Crippen LogP contribution in [0.3, 0.4) is 0 Å². The van der Waals surface area contributed by atoms with E-state index in [4.69, 9.17) is 0 Å². The molecule has 2 rings (SSSR count). The van der Waals surface area contributed by atoms with Gasteiger partial charge in [0, 0.05) is 11.8 Å². The summed E-state index contributed by atoms with van der Waals surface area (Å²) in [5, 5.41) is 0. The summed E-state index contributed by atoms with van der Waals surface area (Å²) in [6.07, 6.45) is 5.85. The van der Waals surface area contributed by atoms with Crippen molar-refractivity contribution >= 4 is 31.9 Å². The van der Waals surface area contributed by atoms with Gasteiger partial charge in [-0.1, -0.05) is 44.0 Å². The summed E-state index contributed by atoms with van der Waals surface area (Å²) in [7, 11) is 0. The molecule has 0 N–H and O–H groups in total. The molecular formula is C7H6Br2. The summed E-state index contributed by atoms with van der Waals surface area (Å²) in [6, 6.07) is 0. The predicted octanol–water partition coefficient (Wildman–Crippen LogP) is 3.19. The van der Waals surface area contributed by atoms with Crippen LogP contribution < -0.4 is 0 Å². The quantitative estimate of drug-likeness (QED) is 0.619. The maximum absolute atomic E-state index is 3.52. The van der Waals surface area contributed by atoms with Crippen molar-refractivity contribution < 1.29 is 0 Å². The Balaban J connectivity index is 2.34. The molecule has 0 nitrogen and oxygen atoms in total. The molecule has 0 saturated heterocycles. The van der Waals surface area contributed by atoms with Crippen molar-refractivity contribution in [2.45, 2.75) is 6.42 Å². The van der Waals surface area contributed by atoms with Crippen LogP contribution in [-0.2, 0) is 0 Å². The SMILES string of the molecule is BrC1=CC2CC1C=C2Br. The van der Waals surface area contributed by atoms with Crippen LogP contribution >= 0.6 is 31.9 Å². The molecule has 2 aliphatic rings. The van der Waals surface area contributed by atoms with Gasteiger partial charge in [0.2, 0.25) is 0 Å². The zero-order valence-corrected chi connectivity index (χ0v) is 7.94. The van der Waals surface area contributed by atoms with E-state index in [0.29, 0.717) is 11.8 Å². The molecule has 9 heavy (non-hydrogen) atoms. The lowest BCUT2D eigenvalue weighted by atomic mass is 10.2. The first-order valence-electron chi connectivity index (χ1n) is 3.02. The van der Waals surface area contributed by atoms with Gasteiger partial charge < -0.3 is 0 Å². The zero-order chi connectivity index (χ0) is 6.43. The molecule has 2 heteroatoms. The zero-order valence-electron chi connectivity index (χ0n) is 4.77. The average Bonchev–Trinajstić information content (AvgIpc) is 2.24. The molecule has 0 spiro atoms. The molecule has 0 amide bonds. The highest BCUT2D eigenvalue weighted by atomic mass is 79.9. The molecule has 0 aromatic rings. The van der Waals surface area contributed by atoms with Crippen molar-refractivity contribution in [1.82, 2.24) is 0 Å². The number of fused-ring (bicyclic) bond motifs is 2. The summed E-state index contributed by atoms with van der Waals surface area (Å²) in [4.78, 5) is 0. The van der Waals surface area contributed by atoms with Crippen LogP contribution in [0.4, 0.5) is 0 Å². The summed E-state index contributed by atoms with van der Waals surface area (Å²) >= 11 is 7.04. The topological polar surface area (TPSA) is 0 Å². The first kappa shape index (κ1) is 6.17. The van der Waals surface area contributed by atoms with Gasteiger partial charge in [-0.25, -0.2) is 0 Å². The fourth-order valence-corrected chi connectivity index (χ4v) is 2.70. The Morgan fingerprint density at radius 1 is 1.11 bits per heavy atom. The van der Waals surface area contributed by atoms with Crippen LogP contribution in [0.5, 0.6) is 0 Å². The van der Waals surface area contributed by atoms with Gasteiger partial charge in [-0.2, -0.15) is 0 Å². The lowest BCUT2D eigenvalue weighted by Crippen LogP contribution is -1.84. The molecule has 0 saturated carbocycles. The largest absolute Gasteiger partial charge is 0.0657 e. The summed E-state index contributed by atoms with van der Waals surface area (Å²) in [5.41, 5.74) is 0. The fourth-order valence-electron chi connectivity index (χ4n) is 1.43. The van der Waals surface area contributed by atoms with E-state index in [-0.39, 0.29) is 0 Å². The van der Waals surface area contributed by atoms with E-state index in [0.717, 1.165) is 0 Å². The monoisotopic (exact) mass is 248 g/mol. The standard InChI is InChI=1S/C7H6Br2/c8-6-2-4-1-5(6)3-7(4)9/h2-5H,1H2. The van der Waals surface area contributed by atoms with Crippen LogP contribution in [-0.4, -0.2) is 0 Å². The molecule has 0 radical (unpaired) electrons. The number of halogens is 2. The minimum Gasteiger partial charge on any atom is -0.0657 e. The molecule has 2 unspecified atom stereocenters. The summed E-state index contributed by atoms with van der Waals surface area (Å²) in [6.45, 7) is 0. The molecule has 0 aromatic heterocycles. The Hall–Kier alpha value is 0.440. The van der Waals surface area contributed by atoms with Gasteiger partial charge >= 0.3 is 0 Å². The lowest BCUT2D eigenvalue weighted by molar-refractivity contribution is 0.726. The van der Waals surface area contributed by atoms with E-state index in [9.17, 15) is 0 Å². The van der Waals surface area contributed by atoms with E-state index < -0.39 is 0 Å². The highest BCUT2D eigenvalue weighted by Gasteiger charge is 2.31. The Bertz CT molecular complexity index is 181. The number of hydrogen-bond acceptors (Lipinski definition) is 0. The third-order valence-corrected chi connectivity index (χ3v) is 3.64. The maximum Gasteiger partial charge on any atom is 0.0101 e. The highest BCUT2D eigenvalue weighted by Crippen LogP contribution is 2.47. The van der Waals surface area contributed by atoms with E-state index in [1.807, 2.05) is 0 Å². The summed E-state index contributed by atoms with van der Waals surface area (Å²) in [5.74, 6) is 1.37. The maximum atomic E-state index is 3.52. The molecule has 2 bridgehead atoms. The van der Waals surface area contributed by atoms with Crippen molar-refractivity contribution in [3.8, 4) is 0 Å². The minimum absolute atomic E-state index is 0.685. The Morgan fingerprint density at radius 3 is 1.78 bits per heavy atom. The second kappa shape index (κ2) is 1.96. The van der Waals surface area contributed by atoms with E-state index >= 15 is 0 Å². The van der Waals surface area contributed by atoms with Crippen LogP contribution in [0.1, 0.15) is 6.42 Å². The first-order chi connectivity index (χ1) is 4.27. The molecule has 0 fully saturated rings. The minimum atomic E-state index is 0.685.